The molecule has 0 aromatic rings. The number of amides is 1. The SMILES string of the molecule is CCCCCCCCCCCON1C(C)(C)CC2(CC1(C)C)NC(=O)C(C)(CC)O2. The largest absolute Gasteiger partial charge is 0.340 e. The molecule has 2 aliphatic rings. The van der Waals surface area contributed by atoms with Crippen molar-refractivity contribution in [2.45, 2.75) is 148 Å². The Hall–Kier alpha value is -0.650. The molecule has 0 saturated carbocycles. The molecule has 0 bridgehead atoms. The molecule has 0 radical (unpaired) electrons. The number of hydrogen-bond acceptors (Lipinski definition) is 4. The second-order valence-electron chi connectivity index (χ2n) is 11.1. The summed E-state index contributed by atoms with van der Waals surface area (Å²) in [5.74, 6) is 0.0145. The zero-order chi connectivity index (χ0) is 22.5. The second-order valence-corrected chi connectivity index (χ2v) is 11.1. The maximum atomic E-state index is 12.6. The van der Waals surface area contributed by atoms with Gasteiger partial charge in [0.05, 0.1) is 6.61 Å². The van der Waals surface area contributed by atoms with Crippen molar-refractivity contribution >= 4 is 5.91 Å². The highest BCUT2D eigenvalue weighted by Crippen LogP contribution is 2.48. The molecule has 176 valence electrons. The minimum absolute atomic E-state index is 0.0145. The summed E-state index contributed by atoms with van der Waals surface area (Å²) in [7, 11) is 0. The lowest BCUT2D eigenvalue weighted by Crippen LogP contribution is -2.68. The summed E-state index contributed by atoms with van der Waals surface area (Å²) in [5, 5.41) is 5.38. The quantitative estimate of drug-likeness (QED) is 0.384. The summed E-state index contributed by atoms with van der Waals surface area (Å²) in [6.07, 6.45) is 14.0. The number of hydrogen-bond donors (Lipinski definition) is 1. The average Bonchev–Trinajstić information content (AvgIpc) is 2.87. The Kier molecular flexibility index (Phi) is 8.80. The normalized spacial score (nSPS) is 27.5. The van der Waals surface area contributed by atoms with Crippen LogP contribution in [0, 0.1) is 0 Å². The Balaban J connectivity index is 1.81. The van der Waals surface area contributed by atoms with Crippen molar-refractivity contribution in [3.63, 3.8) is 0 Å². The van der Waals surface area contributed by atoms with E-state index in [0.717, 1.165) is 25.9 Å². The topological polar surface area (TPSA) is 50.8 Å². The highest BCUT2D eigenvalue weighted by atomic mass is 16.7. The highest BCUT2D eigenvalue weighted by molar-refractivity contribution is 5.87. The standard InChI is InChI=1S/C25H48N2O3/c1-8-10-11-12-13-14-15-16-17-18-29-27-22(3,4)19-25(20-23(27,5)6)26-21(28)24(7,9-2)30-25/h8-20H2,1-7H3,(H,26,28). The molecule has 2 heterocycles. The van der Waals surface area contributed by atoms with E-state index in [-0.39, 0.29) is 17.0 Å². The van der Waals surface area contributed by atoms with E-state index in [1.54, 1.807) is 0 Å². The molecule has 2 aliphatic heterocycles. The number of rotatable bonds is 12. The number of ether oxygens (including phenoxy) is 1. The van der Waals surface area contributed by atoms with Gasteiger partial charge in [0.25, 0.3) is 5.91 Å². The fourth-order valence-corrected chi connectivity index (χ4v) is 5.58. The van der Waals surface area contributed by atoms with Crippen LogP contribution in [0.2, 0.25) is 0 Å². The summed E-state index contributed by atoms with van der Waals surface area (Å²) in [4.78, 5) is 18.9. The number of hydroxylamine groups is 2. The molecule has 2 fully saturated rings. The van der Waals surface area contributed by atoms with Gasteiger partial charge in [0, 0.05) is 23.9 Å². The Morgan fingerprint density at radius 2 is 1.37 bits per heavy atom. The van der Waals surface area contributed by atoms with Crippen molar-refractivity contribution in [1.82, 2.24) is 10.4 Å². The van der Waals surface area contributed by atoms with E-state index in [1.165, 1.54) is 51.4 Å². The zero-order valence-corrected chi connectivity index (χ0v) is 20.9. The fraction of sp³-hybridized carbons (Fsp3) is 0.960. The van der Waals surface area contributed by atoms with Crippen molar-refractivity contribution in [2.24, 2.45) is 0 Å². The van der Waals surface area contributed by atoms with Gasteiger partial charge in [-0.2, -0.15) is 5.06 Å². The first kappa shape index (κ1) is 25.6. The van der Waals surface area contributed by atoms with Crippen LogP contribution in [0.4, 0.5) is 0 Å². The minimum atomic E-state index is -0.730. The fourth-order valence-electron chi connectivity index (χ4n) is 5.58. The van der Waals surface area contributed by atoms with Gasteiger partial charge in [0.15, 0.2) is 0 Å². The highest BCUT2D eigenvalue weighted by Gasteiger charge is 2.61. The third-order valence-electron chi connectivity index (χ3n) is 6.92. The molecule has 1 spiro atoms. The Morgan fingerprint density at radius 1 is 0.867 bits per heavy atom. The molecule has 0 aliphatic carbocycles. The van der Waals surface area contributed by atoms with Gasteiger partial charge in [-0.25, -0.2) is 0 Å². The summed E-state index contributed by atoms with van der Waals surface area (Å²) < 4.78 is 6.42. The van der Waals surface area contributed by atoms with Crippen LogP contribution in [0.15, 0.2) is 0 Å². The minimum Gasteiger partial charge on any atom is -0.340 e. The van der Waals surface area contributed by atoms with Crippen LogP contribution in [-0.2, 0) is 14.4 Å². The van der Waals surface area contributed by atoms with Crippen LogP contribution in [-0.4, -0.2) is 40.0 Å². The lowest BCUT2D eigenvalue weighted by atomic mass is 9.76. The van der Waals surface area contributed by atoms with Gasteiger partial charge in [-0.15, -0.1) is 0 Å². The molecule has 1 atom stereocenters. The zero-order valence-electron chi connectivity index (χ0n) is 20.9. The predicted molar refractivity (Wildman–Crippen MR) is 123 cm³/mol. The number of carbonyl (C=O) groups excluding carboxylic acids is 1. The van der Waals surface area contributed by atoms with Gasteiger partial charge in [-0.1, -0.05) is 65.2 Å². The van der Waals surface area contributed by atoms with E-state index in [2.05, 4.69) is 45.0 Å². The van der Waals surface area contributed by atoms with Crippen molar-refractivity contribution in [3.05, 3.63) is 0 Å². The van der Waals surface area contributed by atoms with Crippen LogP contribution in [0.3, 0.4) is 0 Å². The van der Waals surface area contributed by atoms with Crippen LogP contribution in [0.25, 0.3) is 0 Å². The molecule has 1 N–H and O–H groups in total. The summed E-state index contributed by atoms with van der Waals surface area (Å²) in [6, 6.07) is 0. The van der Waals surface area contributed by atoms with E-state index in [4.69, 9.17) is 9.57 Å². The maximum absolute atomic E-state index is 12.6. The van der Waals surface area contributed by atoms with Crippen LogP contribution in [0.1, 0.15) is 126 Å². The van der Waals surface area contributed by atoms with Crippen LogP contribution in [0.5, 0.6) is 0 Å². The average molecular weight is 425 g/mol. The van der Waals surface area contributed by atoms with Crippen LogP contribution < -0.4 is 5.32 Å². The van der Waals surface area contributed by atoms with E-state index < -0.39 is 11.3 Å². The lowest BCUT2D eigenvalue weighted by molar-refractivity contribution is -0.314. The van der Waals surface area contributed by atoms with Crippen molar-refractivity contribution in [2.75, 3.05) is 6.61 Å². The molecular weight excluding hydrogens is 376 g/mol. The summed E-state index contributed by atoms with van der Waals surface area (Å²) in [5.41, 5.74) is -1.79. The maximum Gasteiger partial charge on any atom is 0.254 e. The number of carbonyl (C=O) groups is 1. The van der Waals surface area contributed by atoms with Gasteiger partial charge in [-0.3, -0.25) is 9.63 Å². The molecule has 2 saturated heterocycles. The summed E-state index contributed by atoms with van der Waals surface area (Å²) in [6.45, 7) is 15.7. The van der Waals surface area contributed by atoms with Gasteiger partial charge in [0.1, 0.15) is 11.3 Å². The number of unbranched alkanes of at least 4 members (excludes halogenated alkanes) is 8. The molecule has 0 aromatic heterocycles. The second kappa shape index (κ2) is 10.3. The molecular formula is C25H48N2O3. The molecule has 5 heteroatoms. The first-order valence-corrected chi connectivity index (χ1v) is 12.5. The monoisotopic (exact) mass is 424 g/mol. The number of nitrogens with one attached hydrogen (secondary N) is 1. The first-order valence-electron chi connectivity index (χ1n) is 12.5. The molecule has 30 heavy (non-hydrogen) atoms. The third-order valence-corrected chi connectivity index (χ3v) is 6.92. The molecule has 0 aromatic carbocycles. The molecule has 2 rings (SSSR count). The molecule has 5 nitrogen and oxygen atoms in total. The van der Waals surface area contributed by atoms with E-state index in [9.17, 15) is 4.79 Å². The Morgan fingerprint density at radius 3 is 1.83 bits per heavy atom. The van der Waals surface area contributed by atoms with Gasteiger partial charge in [0.2, 0.25) is 0 Å². The molecule has 1 unspecified atom stereocenters. The van der Waals surface area contributed by atoms with Crippen LogP contribution >= 0.6 is 0 Å². The molecule has 1 amide bonds. The van der Waals surface area contributed by atoms with E-state index >= 15 is 0 Å². The predicted octanol–water partition coefficient (Wildman–Crippen LogP) is 6.11. The van der Waals surface area contributed by atoms with Gasteiger partial charge < -0.3 is 10.1 Å². The van der Waals surface area contributed by atoms with Crippen molar-refractivity contribution < 1.29 is 14.4 Å². The third kappa shape index (κ3) is 6.20. The van der Waals surface area contributed by atoms with Gasteiger partial charge >= 0.3 is 0 Å². The first-order chi connectivity index (χ1) is 14.0. The van der Waals surface area contributed by atoms with Crippen molar-refractivity contribution in [1.29, 1.82) is 0 Å². The van der Waals surface area contributed by atoms with E-state index in [1.807, 2.05) is 13.8 Å². The Bertz CT molecular complexity index is 543. The number of nitrogens with zero attached hydrogens (tertiary/aromatic N) is 1. The smallest absolute Gasteiger partial charge is 0.254 e. The van der Waals surface area contributed by atoms with Crippen molar-refractivity contribution in [3.8, 4) is 0 Å². The van der Waals surface area contributed by atoms with Gasteiger partial charge in [-0.05, 0) is 47.5 Å². The van der Waals surface area contributed by atoms with E-state index in [0.29, 0.717) is 6.42 Å². The number of piperidine rings is 1. The lowest BCUT2D eigenvalue weighted by Gasteiger charge is -2.56. The Labute approximate surface area is 185 Å². The summed E-state index contributed by atoms with van der Waals surface area (Å²) >= 11 is 0.